The molecule has 3 N–H and O–H groups in total. The van der Waals surface area contributed by atoms with E-state index in [1.165, 1.54) is 6.20 Å². The average molecular weight is 368 g/mol. The zero-order valence-electron chi connectivity index (χ0n) is 16.2. The monoisotopic (exact) mass is 368 g/mol. The van der Waals surface area contributed by atoms with Gasteiger partial charge in [-0.05, 0) is 29.7 Å². The van der Waals surface area contributed by atoms with Crippen molar-refractivity contribution in [3.63, 3.8) is 0 Å². The number of likely N-dealkylation sites (N-methyl/N-ethyl adjacent to an activating group) is 1. The van der Waals surface area contributed by atoms with Crippen molar-refractivity contribution < 1.29 is 9.59 Å². The number of hydrogen-bond donors (Lipinski definition) is 2. The summed E-state index contributed by atoms with van der Waals surface area (Å²) in [6.45, 7) is 5.00. The molecule has 2 rings (SSSR count). The first-order valence-corrected chi connectivity index (χ1v) is 9.02. The summed E-state index contributed by atoms with van der Waals surface area (Å²) in [5.74, 6) is -0.457. The van der Waals surface area contributed by atoms with Gasteiger partial charge in [-0.15, -0.1) is 0 Å². The summed E-state index contributed by atoms with van der Waals surface area (Å²) in [6, 6.07) is 12.3. The van der Waals surface area contributed by atoms with Crippen LogP contribution in [-0.4, -0.2) is 47.9 Å². The number of pyridine rings is 1. The van der Waals surface area contributed by atoms with Crippen LogP contribution in [0.3, 0.4) is 0 Å². The van der Waals surface area contributed by atoms with Gasteiger partial charge in [0.2, 0.25) is 5.91 Å². The van der Waals surface area contributed by atoms with Gasteiger partial charge in [-0.25, -0.2) is 0 Å². The molecule has 1 aromatic heterocycles. The van der Waals surface area contributed by atoms with Gasteiger partial charge in [0, 0.05) is 32.4 Å². The summed E-state index contributed by atoms with van der Waals surface area (Å²) in [7, 11) is 1.74. The summed E-state index contributed by atoms with van der Waals surface area (Å²) >= 11 is 0. The van der Waals surface area contributed by atoms with E-state index in [0.717, 1.165) is 5.56 Å². The first kappa shape index (κ1) is 20.6. The molecule has 0 bridgehead atoms. The van der Waals surface area contributed by atoms with E-state index in [-0.39, 0.29) is 17.2 Å². The third-order valence-electron chi connectivity index (χ3n) is 4.40. The molecule has 0 saturated heterocycles. The molecule has 0 radical (unpaired) electrons. The molecule has 0 saturated carbocycles. The highest BCUT2D eigenvalue weighted by atomic mass is 16.2. The highest BCUT2D eigenvalue weighted by Gasteiger charge is 2.28. The van der Waals surface area contributed by atoms with Gasteiger partial charge in [-0.1, -0.05) is 44.2 Å². The van der Waals surface area contributed by atoms with E-state index in [2.05, 4.69) is 10.3 Å². The van der Waals surface area contributed by atoms with Gasteiger partial charge < -0.3 is 16.0 Å². The van der Waals surface area contributed by atoms with Crippen molar-refractivity contribution >= 4 is 11.8 Å². The molecule has 27 heavy (non-hydrogen) atoms. The molecular weight excluding hydrogens is 340 g/mol. The average Bonchev–Trinajstić information content (AvgIpc) is 2.68. The highest BCUT2D eigenvalue weighted by Crippen LogP contribution is 2.15. The predicted octanol–water partition coefficient (Wildman–Crippen LogP) is 1.87. The van der Waals surface area contributed by atoms with Crippen LogP contribution in [0.1, 0.15) is 29.8 Å². The van der Waals surface area contributed by atoms with Crippen LogP contribution in [0.5, 0.6) is 0 Å². The number of nitrogens with two attached hydrogens (primary N) is 1. The van der Waals surface area contributed by atoms with Crippen LogP contribution >= 0.6 is 0 Å². The maximum atomic E-state index is 13.1. The Bertz CT molecular complexity index is 747. The zero-order valence-corrected chi connectivity index (χ0v) is 16.2. The Morgan fingerprint density at radius 1 is 1.19 bits per heavy atom. The fourth-order valence-corrected chi connectivity index (χ4v) is 2.84. The summed E-state index contributed by atoms with van der Waals surface area (Å²) in [4.78, 5) is 31.2. The van der Waals surface area contributed by atoms with Crippen LogP contribution in [0.4, 0.5) is 0 Å². The number of rotatable bonds is 8. The normalized spacial score (nSPS) is 12.3. The molecule has 2 amide bonds. The van der Waals surface area contributed by atoms with Gasteiger partial charge in [0.1, 0.15) is 6.04 Å². The number of benzene rings is 1. The van der Waals surface area contributed by atoms with E-state index in [1.807, 2.05) is 44.2 Å². The zero-order chi connectivity index (χ0) is 19.9. The molecule has 2 aromatic rings. The molecule has 1 heterocycles. The lowest BCUT2D eigenvalue weighted by atomic mass is 9.93. The standard InChI is InChI=1S/C21H28N4O2/c1-21(2,14-22)15-25(3)20(27)18(12-16-8-5-4-6-9-16)24-19(26)17-10-7-11-23-13-17/h4-11,13,18H,12,14-15,22H2,1-3H3,(H,24,26). The van der Waals surface area contributed by atoms with E-state index >= 15 is 0 Å². The van der Waals surface area contributed by atoms with Crippen LogP contribution in [0.15, 0.2) is 54.9 Å². The van der Waals surface area contributed by atoms with E-state index in [0.29, 0.717) is 25.1 Å². The maximum absolute atomic E-state index is 13.1. The number of aromatic nitrogens is 1. The van der Waals surface area contributed by atoms with Crippen molar-refractivity contribution in [1.29, 1.82) is 0 Å². The van der Waals surface area contributed by atoms with Crippen LogP contribution in [0, 0.1) is 5.41 Å². The van der Waals surface area contributed by atoms with Crippen LogP contribution in [0.25, 0.3) is 0 Å². The second-order valence-corrected chi connectivity index (χ2v) is 7.52. The number of hydrogen-bond acceptors (Lipinski definition) is 4. The summed E-state index contributed by atoms with van der Waals surface area (Å²) in [5, 5.41) is 2.86. The molecular formula is C21H28N4O2. The van der Waals surface area contributed by atoms with Gasteiger partial charge in [-0.2, -0.15) is 0 Å². The quantitative estimate of drug-likeness (QED) is 0.744. The van der Waals surface area contributed by atoms with E-state index in [9.17, 15) is 9.59 Å². The minimum Gasteiger partial charge on any atom is -0.343 e. The van der Waals surface area contributed by atoms with Gasteiger partial charge in [0.25, 0.3) is 5.91 Å². The smallest absolute Gasteiger partial charge is 0.253 e. The van der Waals surface area contributed by atoms with Crippen LogP contribution < -0.4 is 11.1 Å². The molecule has 1 atom stereocenters. The lowest BCUT2D eigenvalue weighted by Gasteiger charge is -2.31. The number of nitrogens with one attached hydrogen (secondary N) is 1. The Hall–Kier alpha value is -2.73. The van der Waals surface area contributed by atoms with Crippen molar-refractivity contribution in [3.05, 3.63) is 66.0 Å². The minimum atomic E-state index is -0.668. The molecule has 0 aliphatic rings. The van der Waals surface area contributed by atoms with Gasteiger partial charge in [-0.3, -0.25) is 14.6 Å². The number of carbonyl (C=O) groups excluding carboxylic acids is 2. The van der Waals surface area contributed by atoms with Crippen molar-refractivity contribution in [2.45, 2.75) is 26.3 Å². The molecule has 0 spiro atoms. The van der Waals surface area contributed by atoms with E-state index < -0.39 is 6.04 Å². The van der Waals surface area contributed by atoms with Gasteiger partial charge in [0.05, 0.1) is 5.56 Å². The Balaban J connectivity index is 2.18. The third kappa shape index (κ3) is 6.18. The molecule has 1 aromatic carbocycles. The van der Waals surface area contributed by atoms with E-state index in [1.54, 1.807) is 30.3 Å². The van der Waals surface area contributed by atoms with Crippen molar-refractivity contribution in [2.75, 3.05) is 20.1 Å². The molecule has 6 nitrogen and oxygen atoms in total. The second kappa shape index (κ2) is 9.28. The summed E-state index contributed by atoms with van der Waals surface area (Å²) in [5.41, 5.74) is 7.00. The Labute approximate surface area is 160 Å². The lowest BCUT2D eigenvalue weighted by Crippen LogP contribution is -2.51. The fourth-order valence-electron chi connectivity index (χ4n) is 2.84. The molecule has 0 aliphatic heterocycles. The highest BCUT2D eigenvalue weighted by molar-refractivity contribution is 5.97. The SMILES string of the molecule is CN(CC(C)(C)CN)C(=O)C(Cc1ccccc1)NC(=O)c1cccnc1. The molecule has 144 valence electrons. The first-order valence-electron chi connectivity index (χ1n) is 9.02. The van der Waals surface area contributed by atoms with E-state index in [4.69, 9.17) is 5.73 Å². The number of nitrogens with zero attached hydrogens (tertiary/aromatic N) is 2. The molecule has 6 heteroatoms. The minimum absolute atomic E-state index is 0.141. The topological polar surface area (TPSA) is 88.3 Å². The Kier molecular flexibility index (Phi) is 7.07. The van der Waals surface area contributed by atoms with Crippen molar-refractivity contribution in [2.24, 2.45) is 11.1 Å². The predicted molar refractivity (Wildman–Crippen MR) is 106 cm³/mol. The molecule has 0 fully saturated rings. The Morgan fingerprint density at radius 3 is 2.48 bits per heavy atom. The lowest BCUT2D eigenvalue weighted by molar-refractivity contribution is -0.133. The second-order valence-electron chi connectivity index (χ2n) is 7.52. The molecule has 1 unspecified atom stereocenters. The Morgan fingerprint density at radius 2 is 1.89 bits per heavy atom. The third-order valence-corrected chi connectivity index (χ3v) is 4.40. The van der Waals surface area contributed by atoms with Crippen molar-refractivity contribution in [3.8, 4) is 0 Å². The molecule has 0 aliphatic carbocycles. The summed E-state index contributed by atoms with van der Waals surface area (Å²) < 4.78 is 0. The first-order chi connectivity index (χ1) is 12.8. The number of carbonyl (C=O) groups is 2. The maximum Gasteiger partial charge on any atom is 0.253 e. The van der Waals surface area contributed by atoms with Gasteiger partial charge >= 0.3 is 0 Å². The fraction of sp³-hybridized carbons (Fsp3) is 0.381. The van der Waals surface area contributed by atoms with Crippen LogP contribution in [0.2, 0.25) is 0 Å². The van der Waals surface area contributed by atoms with Gasteiger partial charge in [0.15, 0.2) is 0 Å². The largest absolute Gasteiger partial charge is 0.343 e. The summed E-state index contributed by atoms with van der Waals surface area (Å²) in [6.07, 6.45) is 3.51. The number of amides is 2. The van der Waals surface area contributed by atoms with Crippen LogP contribution in [-0.2, 0) is 11.2 Å². The van der Waals surface area contributed by atoms with Crippen molar-refractivity contribution in [1.82, 2.24) is 15.2 Å².